The van der Waals surface area contributed by atoms with E-state index in [1.165, 1.54) is 4.57 Å². The molecule has 1 aliphatic heterocycles. The molecule has 2 heterocycles. The van der Waals surface area contributed by atoms with Gasteiger partial charge in [-0.2, -0.15) is 5.26 Å². The van der Waals surface area contributed by atoms with E-state index in [4.69, 9.17) is 9.47 Å². The number of ether oxygens (including phenoxy) is 2. The van der Waals surface area contributed by atoms with Gasteiger partial charge in [-0.25, -0.2) is 4.79 Å². The van der Waals surface area contributed by atoms with Gasteiger partial charge in [0.05, 0.1) is 18.2 Å². The van der Waals surface area contributed by atoms with Crippen LogP contribution in [0.5, 0.6) is 11.5 Å². The highest BCUT2D eigenvalue weighted by atomic mass is 16.7. The fraction of sp³-hybridized carbons (Fsp3) is 0.0800. The molecule has 156 valence electrons. The Kier molecular flexibility index (Phi) is 4.61. The number of aromatic carboxylic acids is 1. The predicted molar refractivity (Wildman–Crippen MR) is 117 cm³/mol. The lowest BCUT2D eigenvalue weighted by Gasteiger charge is -2.18. The van der Waals surface area contributed by atoms with Crippen LogP contribution in [-0.4, -0.2) is 22.4 Å². The van der Waals surface area contributed by atoms with Crippen molar-refractivity contribution in [3.05, 3.63) is 93.9 Å². The van der Waals surface area contributed by atoms with Crippen molar-refractivity contribution in [2.75, 3.05) is 6.79 Å². The molecular formula is C25H16N2O5. The van der Waals surface area contributed by atoms with E-state index in [1.807, 2.05) is 6.07 Å². The molecule has 4 aromatic rings. The van der Waals surface area contributed by atoms with Gasteiger partial charge in [-0.1, -0.05) is 36.4 Å². The topological polar surface area (TPSA) is 102 Å². The fourth-order valence-corrected chi connectivity index (χ4v) is 4.01. The van der Waals surface area contributed by atoms with Crippen LogP contribution in [0, 0.1) is 11.3 Å². The number of nitriles is 1. The Morgan fingerprint density at radius 1 is 1.00 bits per heavy atom. The van der Waals surface area contributed by atoms with Crippen LogP contribution in [0.4, 0.5) is 0 Å². The molecule has 1 aromatic heterocycles. The lowest BCUT2D eigenvalue weighted by atomic mass is 9.95. The van der Waals surface area contributed by atoms with E-state index in [2.05, 4.69) is 6.07 Å². The van der Waals surface area contributed by atoms with E-state index in [9.17, 15) is 20.0 Å². The summed E-state index contributed by atoms with van der Waals surface area (Å²) in [6, 6.07) is 21.0. The summed E-state index contributed by atoms with van der Waals surface area (Å²) in [5.74, 6) is -0.0758. The minimum atomic E-state index is -1.23. The molecule has 0 unspecified atom stereocenters. The number of carbonyl (C=O) groups is 1. The zero-order valence-corrected chi connectivity index (χ0v) is 16.7. The molecular weight excluding hydrogens is 408 g/mol. The van der Waals surface area contributed by atoms with Crippen molar-refractivity contribution in [2.24, 2.45) is 0 Å². The van der Waals surface area contributed by atoms with E-state index < -0.39 is 11.5 Å². The van der Waals surface area contributed by atoms with Gasteiger partial charge >= 0.3 is 5.97 Å². The highest BCUT2D eigenvalue weighted by Gasteiger charge is 2.24. The maximum Gasteiger partial charge on any atom is 0.353 e. The van der Waals surface area contributed by atoms with Crippen molar-refractivity contribution < 1.29 is 19.4 Å². The van der Waals surface area contributed by atoms with Crippen molar-refractivity contribution >= 4 is 16.7 Å². The first-order chi connectivity index (χ1) is 15.6. The summed E-state index contributed by atoms with van der Waals surface area (Å²) < 4.78 is 12.0. The monoisotopic (exact) mass is 424 g/mol. The van der Waals surface area contributed by atoms with Crippen LogP contribution in [0.1, 0.15) is 21.6 Å². The standard InChI is InChI=1S/C25H16N2O5/c26-12-15-6-8-18-19(10-15)22(17-4-2-1-3-5-17)23(25(29)30)27(24(18)28)13-16-7-9-20-21(11-16)32-14-31-20/h1-11H,13-14H2,(H,29,30). The van der Waals surface area contributed by atoms with E-state index in [0.717, 1.165) is 0 Å². The zero-order chi connectivity index (χ0) is 22.2. The average molecular weight is 424 g/mol. The lowest BCUT2D eigenvalue weighted by molar-refractivity contribution is 0.0685. The molecule has 0 amide bonds. The van der Waals surface area contributed by atoms with Gasteiger partial charge < -0.3 is 14.6 Å². The predicted octanol–water partition coefficient (Wildman–Crippen LogP) is 4.02. The SMILES string of the molecule is N#Cc1ccc2c(=O)n(Cc3ccc4c(c3)OCO4)c(C(=O)O)c(-c3ccccc3)c2c1. The smallest absolute Gasteiger partial charge is 0.353 e. The van der Waals surface area contributed by atoms with Gasteiger partial charge in [-0.05, 0) is 46.8 Å². The molecule has 0 atom stereocenters. The van der Waals surface area contributed by atoms with Gasteiger partial charge in [0.15, 0.2) is 11.5 Å². The first-order valence-corrected chi connectivity index (χ1v) is 9.84. The van der Waals surface area contributed by atoms with Crippen molar-refractivity contribution in [1.82, 2.24) is 4.57 Å². The molecule has 1 aliphatic rings. The first-order valence-electron chi connectivity index (χ1n) is 9.84. The van der Waals surface area contributed by atoms with Crippen LogP contribution in [0.15, 0.2) is 71.5 Å². The Morgan fingerprint density at radius 3 is 2.53 bits per heavy atom. The maximum atomic E-state index is 13.4. The second-order valence-corrected chi connectivity index (χ2v) is 7.35. The van der Waals surface area contributed by atoms with Gasteiger partial charge in [0, 0.05) is 10.9 Å². The number of carboxylic acids is 1. The number of fused-ring (bicyclic) bond motifs is 2. The number of benzene rings is 3. The van der Waals surface area contributed by atoms with Gasteiger partial charge in [0.2, 0.25) is 6.79 Å². The van der Waals surface area contributed by atoms with Crippen molar-refractivity contribution in [1.29, 1.82) is 5.26 Å². The molecule has 0 saturated carbocycles. The molecule has 5 rings (SSSR count). The van der Waals surface area contributed by atoms with Crippen molar-refractivity contribution in [2.45, 2.75) is 6.54 Å². The highest BCUT2D eigenvalue weighted by Crippen LogP contribution is 2.34. The summed E-state index contributed by atoms with van der Waals surface area (Å²) in [6.45, 7) is 0.154. The molecule has 3 aromatic carbocycles. The summed E-state index contributed by atoms with van der Waals surface area (Å²) in [7, 11) is 0. The summed E-state index contributed by atoms with van der Waals surface area (Å²) in [6.07, 6.45) is 0. The van der Waals surface area contributed by atoms with E-state index in [-0.39, 0.29) is 19.0 Å². The van der Waals surface area contributed by atoms with Crippen LogP contribution in [0.3, 0.4) is 0 Å². The van der Waals surface area contributed by atoms with E-state index in [1.54, 1.807) is 60.7 Å². The van der Waals surface area contributed by atoms with Crippen molar-refractivity contribution in [3.63, 3.8) is 0 Å². The molecule has 7 nitrogen and oxygen atoms in total. The van der Waals surface area contributed by atoms with Crippen LogP contribution in [0.25, 0.3) is 21.9 Å². The normalized spacial score (nSPS) is 12.0. The Hall–Kier alpha value is -4.57. The molecule has 7 heteroatoms. The van der Waals surface area contributed by atoms with E-state index in [0.29, 0.717) is 44.5 Å². The largest absolute Gasteiger partial charge is 0.477 e. The van der Waals surface area contributed by atoms with E-state index >= 15 is 0 Å². The number of hydrogen-bond donors (Lipinski definition) is 1. The molecule has 1 N–H and O–H groups in total. The molecule has 0 radical (unpaired) electrons. The Labute approximate surface area is 182 Å². The quantitative estimate of drug-likeness (QED) is 0.531. The zero-order valence-electron chi connectivity index (χ0n) is 16.7. The number of carboxylic acid groups (broad SMARTS) is 1. The third-order valence-corrected chi connectivity index (χ3v) is 5.44. The fourth-order valence-electron chi connectivity index (χ4n) is 4.01. The third-order valence-electron chi connectivity index (χ3n) is 5.44. The van der Waals surface area contributed by atoms with Crippen LogP contribution in [-0.2, 0) is 6.54 Å². The molecule has 0 fully saturated rings. The molecule has 0 saturated heterocycles. The number of nitrogens with zero attached hydrogens (tertiary/aromatic N) is 2. The van der Waals surface area contributed by atoms with Crippen molar-refractivity contribution in [3.8, 4) is 28.7 Å². The van der Waals surface area contributed by atoms with Gasteiger partial charge in [0.25, 0.3) is 5.56 Å². The average Bonchev–Trinajstić information content (AvgIpc) is 3.28. The summed E-state index contributed by atoms with van der Waals surface area (Å²) in [5, 5.41) is 20.3. The minimum absolute atomic E-state index is 0.0346. The van der Waals surface area contributed by atoms with Gasteiger partial charge in [0.1, 0.15) is 5.69 Å². The van der Waals surface area contributed by atoms with Gasteiger partial charge in [-0.3, -0.25) is 9.36 Å². The number of hydrogen-bond acceptors (Lipinski definition) is 5. The highest BCUT2D eigenvalue weighted by molar-refractivity contribution is 6.06. The maximum absolute atomic E-state index is 13.4. The summed E-state index contributed by atoms with van der Waals surface area (Å²) >= 11 is 0. The Balaban J connectivity index is 1.82. The molecule has 0 aliphatic carbocycles. The van der Waals surface area contributed by atoms with Crippen LogP contribution < -0.4 is 15.0 Å². The summed E-state index contributed by atoms with van der Waals surface area (Å²) in [4.78, 5) is 25.9. The Bertz CT molecular complexity index is 1480. The second-order valence-electron chi connectivity index (χ2n) is 7.35. The molecule has 0 bridgehead atoms. The number of rotatable bonds is 4. The Morgan fingerprint density at radius 2 is 1.78 bits per heavy atom. The number of pyridine rings is 1. The van der Waals surface area contributed by atoms with Gasteiger partial charge in [-0.15, -0.1) is 0 Å². The molecule has 0 spiro atoms. The first kappa shape index (κ1) is 19.4. The number of aromatic nitrogens is 1. The minimum Gasteiger partial charge on any atom is -0.477 e. The second kappa shape index (κ2) is 7.60. The van der Waals surface area contributed by atoms with Crippen LogP contribution >= 0.6 is 0 Å². The summed E-state index contributed by atoms with van der Waals surface area (Å²) in [5.41, 5.74) is 1.50. The van der Waals surface area contributed by atoms with Crippen LogP contribution in [0.2, 0.25) is 0 Å². The lowest BCUT2D eigenvalue weighted by Crippen LogP contribution is -2.28. The molecule has 32 heavy (non-hydrogen) atoms. The third kappa shape index (κ3) is 3.15.